The molecule has 1 fully saturated rings. The van der Waals surface area contributed by atoms with Gasteiger partial charge in [-0.3, -0.25) is 14.4 Å². The number of nitrogens with zero attached hydrogens (tertiary/aromatic N) is 4. The van der Waals surface area contributed by atoms with E-state index in [1.807, 2.05) is 23.3 Å². The third kappa shape index (κ3) is 3.32. The number of carbonyl (C=O) groups is 1. The van der Waals surface area contributed by atoms with Crippen LogP contribution in [0.1, 0.15) is 22.5 Å². The monoisotopic (exact) mass is 354 g/mol. The number of aromatic nitrogens is 2. The number of amides is 1. The summed E-state index contributed by atoms with van der Waals surface area (Å²) >= 11 is 1.81. The van der Waals surface area contributed by atoms with E-state index in [9.17, 15) is 4.79 Å². The second kappa shape index (κ2) is 6.98. The number of hydrogen-bond acceptors (Lipinski definition) is 4. The van der Waals surface area contributed by atoms with E-state index in [2.05, 4.69) is 39.6 Å². The second-order valence-corrected chi connectivity index (χ2v) is 7.43. The lowest BCUT2D eigenvalue weighted by Crippen LogP contribution is -2.36. The van der Waals surface area contributed by atoms with Crippen LogP contribution in [0, 0.1) is 0 Å². The SMILES string of the molecule is Cn1nccc1C(=O)N1CCCN(Cc2csc3ccccc23)CC1. The van der Waals surface area contributed by atoms with E-state index in [4.69, 9.17) is 0 Å². The summed E-state index contributed by atoms with van der Waals surface area (Å²) in [5.41, 5.74) is 2.06. The van der Waals surface area contributed by atoms with E-state index in [-0.39, 0.29) is 5.91 Å². The molecule has 0 saturated carbocycles. The average molecular weight is 354 g/mol. The van der Waals surface area contributed by atoms with Crippen molar-refractivity contribution in [3.8, 4) is 0 Å². The second-order valence-electron chi connectivity index (χ2n) is 6.52. The van der Waals surface area contributed by atoms with Crippen molar-refractivity contribution in [2.75, 3.05) is 26.2 Å². The number of fused-ring (bicyclic) bond motifs is 1. The largest absolute Gasteiger partial charge is 0.336 e. The highest BCUT2D eigenvalue weighted by molar-refractivity contribution is 7.17. The topological polar surface area (TPSA) is 41.4 Å². The standard InChI is InChI=1S/C19H22N4OS/c1-21-17(7-8-20-21)19(24)23-10-4-9-22(11-12-23)13-15-14-25-18-6-3-2-5-16(15)18/h2-3,5-8,14H,4,9-13H2,1H3. The number of benzene rings is 1. The fourth-order valence-electron chi connectivity index (χ4n) is 3.47. The summed E-state index contributed by atoms with van der Waals surface area (Å²) in [6, 6.07) is 10.4. The van der Waals surface area contributed by atoms with Gasteiger partial charge in [-0.1, -0.05) is 18.2 Å². The van der Waals surface area contributed by atoms with Crippen LogP contribution in [0.2, 0.25) is 0 Å². The molecule has 1 aromatic carbocycles. The summed E-state index contributed by atoms with van der Waals surface area (Å²) in [4.78, 5) is 17.1. The zero-order chi connectivity index (χ0) is 17.2. The Morgan fingerprint density at radius 3 is 2.88 bits per heavy atom. The lowest BCUT2D eigenvalue weighted by molar-refractivity contribution is 0.0750. The molecule has 0 aliphatic carbocycles. The van der Waals surface area contributed by atoms with Crippen LogP contribution in [0.3, 0.4) is 0 Å². The Labute approximate surface area is 151 Å². The van der Waals surface area contributed by atoms with Gasteiger partial charge in [-0.25, -0.2) is 0 Å². The first kappa shape index (κ1) is 16.3. The predicted molar refractivity (Wildman–Crippen MR) is 101 cm³/mol. The number of carbonyl (C=O) groups excluding carboxylic acids is 1. The van der Waals surface area contributed by atoms with Crippen LogP contribution in [-0.4, -0.2) is 51.7 Å². The van der Waals surface area contributed by atoms with Gasteiger partial charge < -0.3 is 4.90 Å². The summed E-state index contributed by atoms with van der Waals surface area (Å²) < 4.78 is 3.00. The van der Waals surface area contributed by atoms with Gasteiger partial charge in [-0.05, 0) is 34.9 Å². The quantitative estimate of drug-likeness (QED) is 0.726. The Morgan fingerprint density at radius 2 is 2.04 bits per heavy atom. The molecule has 4 rings (SSSR count). The van der Waals surface area contributed by atoms with Crippen molar-refractivity contribution < 1.29 is 4.79 Å². The fraction of sp³-hybridized carbons (Fsp3) is 0.368. The molecule has 0 atom stereocenters. The minimum Gasteiger partial charge on any atom is -0.336 e. The van der Waals surface area contributed by atoms with Gasteiger partial charge in [0.05, 0.1) is 0 Å². The van der Waals surface area contributed by atoms with E-state index in [1.165, 1.54) is 15.6 Å². The molecular formula is C19H22N4OS. The lowest BCUT2D eigenvalue weighted by atomic mass is 10.1. The molecule has 0 spiro atoms. The van der Waals surface area contributed by atoms with Crippen LogP contribution >= 0.6 is 11.3 Å². The molecule has 3 aromatic rings. The van der Waals surface area contributed by atoms with Crippen molar-refractivity contribution in [1.82, 2.24) is 19.6 Å². The summed E-state index contributed by atoms with van der Waals surface area (Å²) in [7, 11) is 1.82. The molecule has 0 bridgehead atoms. The molecule has 0 radical (unpaired) electrons. The number of thiophene rings is 1. The highest BCUT2D eigenvalue weighted by Gasteiger charge is 2.22. The highest BCUT2D eigenvalue weighted by Crippen LogP contribution is 2.27. The number of aryl methyl sites for hydroxylation is 1. The van der Waals surface area contributed by atoms with Crippen molar-refractivity contribution in [2.45, 2.75) is 13.0 Å². The fourth-order valence-corrected chi connectivity index (χ4v) is 4.43. The van der Waals surface area contributed by atoms with Crippen LogP contribution in [0.25, 0.3) is 10.1 Å². The summed E-state index contributed by atoms with van der Waals surface area (Å²) in [6.45, 7) is 4.47. The molecule has 1 aliphatic heterocycles. The van der Waals surface area contributed by atoms with E-state index < -0.39 is 0 Å². The maximum atomic E-state index is 12.7. The maximum absolute atomic E-state index is 12.7. The molecule has 1 aliphatic rings. The van der Waals surface area contributed by atoms with E-state index in [1.54, 1.807) is 16.9 Å². The normalized spacial score (nSPS) is 16.3. The van der Waals surface area contributed by atoms with E-state index in [0.29, 0.717) is 5.69 Å². The van der Waals surface area contributed by atoms with Crippen molar-refractivity contribution in [1.29, 1.82) is 0 Å². The number of rotatable bonds is 3. The molecule has 3 heterocycles. The smallest absolute Gasteiger partial charge is 0.272 e. The zero-order valence-electron chi connectivity index (χ0n) is 14.4. The van der Waals surface area contributed by atoms with Crippen molar-refractivity contribution in [3.63, 3.8) is 0 Å². The summed E-state index contributed by atoms with van der Waals surface area (Å²) in [6.07, 6.45) is 2.69. The Balaban J connectivity index is 1.43. The van der Waals surface area contributed by atoms with Crippen molar-refractivity contribution in [3.05, 3.63) is 53.2 Å². The maximum Gasteiger partial charge on any atom is 0.272 e. The van der Waals surface area contributed by atoms with Gasteiger partial charge in [0.1, 0.15) is 5.69 Å². The molecule has 130 valence electrons. The van der Waals surface area contributed by atoms with Gasteiger partial charge in [-0.15, -0.1) is 11.3 Å². The third-order valence-corrected chi connectivity index (χ3v) is 5.88. The molecule has 0 unspecified atom stereocenters. The van der Waals surface area contributed by atoms with Crippen LogP contribution in [0.4, 0.5) is 0 Å². The number of hydrogen-bond donors (Lipinski definition) is 0. The van der Waals surface area contributed by atoms with Crippen LogP contribution in [0.15, 0.2) is 41.9 Å². The Bertz CT molecular complexity index is 884. The van der Waals surface area contributed by atoms with Gasteiger partial charge in [0.2, 0.25) is 0 Å². The first-order valence-corrected chi connectivity index (χ1v) is 9.55. The Kier molecular flexibility index (Phi) is 4.55. The molecule has 1 saturated heterocycles. The first-order valence-electron chi connectivity index (χ1n) is 8.67. The van der Waals surface area contributed by atoms with Gasteiger partial charge in [0.25, 0.3) is 5.91 Å². The van der Waals surface area contributed by atoms with Crippen LogP contribution in [-0.2, 0) is 13.6 Å². The van der Waals surface area contributed by atoms with Gasteiger partial charge in [0.15, 0.2) is 0 Å². The molecule has 6 heteroatoms. The van der Waals surface area contributed by atoms with E-state index in [0.717, 1.165) is 39.1 Å². The summed E-state index contributed by atoms with van der Waals surface area (Å²) in [5.74, 6) is 0.0860. The van der Waals surface area contributed by atoms with Gasteiger partial charge in [-0.2, -0.15) is 5.10 Å². The van der Waals surface area contributed by atoms with Crippen LogP contribution in [0.5, 0.6) is 0 Å². The first-order chi connectivity index (χ1) is 12.2. The minimum absolute atomic E-state index is 0.0860. The highest BCUT2D eigenvalue weighted by atomic mass is 32.1. The van der Waals surface area contributed by atoms with Crippen LogP contribution < -0.4 is 0 Å². The van der Waals surface area contributed by atoms with Crippen molar-refractivity contribution in [2.24, 2.45) is 7.05 Å². The third-order valence-electron chi connectivity index (χ3n) is 4.87. The lowest BCUT2D eigenvalue weighted by Gasteiger charge is -2.22. The van der Waals surface area contributed by atoms with Gasteiger partial charge in [0, 0.05) is 50.7 Å². The minimum atomic E-state index is 0.0860. The van der Waals surface area contributed by atoms with E-state index >= 15 is 0 Å². The predicted octanol–water partition coefficient (Wildman–Crippen LogP) is 2.98. The molecular weight excluding hydrogens is 332 g/mol. The van der Waals surface area contributed by atoms with Crippen molar-refractivity contribution >= 4 is 27.3 Å². The molecule has 25 heavy (non-hydrogen) atoms. The average Bonchev–Trinajstić information content (AvgIpc) is 3.15. The summed E-state index contributed by atoms with van der Waals surface area (Å²) in [5, 5.41) is 7.74. The molecule has 1 amide bonds. The molecule has 0 N–H and O–H groups in total. The van der Waals surface area contributed by atoms with Gasteiger partial charge >= 0.3 is 0 Å². The Hall–Kier alpha value is -2.18. The Morgan fingerprint density at radius 1 is 1.16 bits per heavy atom. The molecule has 2 aromatic heterocycles. The zero-order valence-corrected chi connectivity index (χ0v) is 15.2. The molecule has 5 nitrogen and oxygen atoms in total.